The Labute approximate surface area is 171 Å². The van der Waals surface area contributed by atoms with E-state index in [0.29, 0.717) is 19.5 Å². The second-order valence-electron chi connectivity index (χ2n) is 8.61. The maximum Gasteiger partial charge on any atom is 0.227 e. The van der Waals surface area contributed by atoms with Crippen LogP contribution in [0.2, 0.25) is 0 Å². The number of thiazole rings is 1. The van der Waals surface area contributed by atoms with Crippen molar-refractivity contribution >= 4 is 28.8 Å². The van der Waals surface area contributed by atoms with Gasteiger partial charge in [0.05, 0.1) is 16.6 Å². The standard InChI is InChI=1S/C22H29N3O2S/c1-14-6-7-17(15(2)10-14)25-12-16(11-20(25)26)21(27)23-9-8-19-24-18(13-28-19)22(3,4)5/h6-7,10,13,16H,8-9,11-12H2,1-5H3,(H,23,27)/t16-/m1/s1. The van der Waals surface area contributed by atoms with Crippen LogP contribution in [0.25, 0.3) is 0 Å². The zero-order valence-electron chi connectivity index (χ0n) is 17.3. The highest BCUT2D eigenvalue weighted by Crippen LogP contribution is 2.28. The van der Waals surface area contributed by atoms with Crippen molar-refractivity contribution in [3.8, 4) is 0 Å². The van der Waals surface area contributed by atoms with Gasteiger partial charge in [-0.2, -0.15) is 0 Å². The van der Waals surface area contributed by atoms with E-state index in [1.807, 2.05) is 26.0 Å². The molecule has 6 heteroatoms. The number of aromatic nitrogens is 1. The molecular formula is C22H29N3O2S. The molecule has 2 amide bonds. The maximum atomic E-state index is 12.6. The van der Waals surface area contributed by atoms with Crippen molar-refractivity contribution in [1.29, 1.82) is 0 Å². The first-order valence-corrected chi connectivity index (χ1v) is 10.6. The van der Waals surface area contributed by atoms with E-state index < -0.39 is 0 Å². The fourth-order valence-corrected chi connectivity index (χ4v) is 4.46. The van der Waals surface area contributed by atoms with Crippen LogP contribution in [0.15, 0.2) is 23.6 Å². The van der Waals surface area contributed by atoms with Crippen LogP contribution in [0, 0.1) is 19.8 Å². The van der Waals surface area contributed by atoms with E-state index in [9.17, 15) is 9.59 Å². The highest BCUT2D eigenvalue weighted by atomic mass is 32.1. The average Bonchev–Trinajstić information content (AvgIpc) is 3.22. The predicted octanol–water partition coefficient (Wildman–Crippen LogP) is 3.77. The van der Waals surface area contributed by atoms with Crippen LogP contribution in [0.4, 0.5) is 5.69 Å². The molecule has 0 saturated carbocycles. The Balaban J connectivity index is 1.54. The maximum absolute atomic E-state index is 12.6. The zero-order valence-corrected chi connectivity index (χ0v) is 18.2. The molecule has 0 unspecified atom stereocenters. The molecule has 1 aromatic carbocycles. The molecule has 1 saturated heterocycles. The molecule has 1 aromatic heterocycles. The van der Waals surface area contributed by atoms with E-state index in [4.69, 9.17) is 0 Å². The van der Waals surface area contributed by atoms with Crippen LogP contribution in [-0.2, 0) is 21.4 Å². The van der Waals surface area contributed by atoms with Gasteiger partial charge < -0.3 is 10.2 Å². The number of carbonyl (C=O) groups excluding carboxylic acids is 2. The Morgan fingerprint density at radius 1 is 1.32 bits per heavy atom. The van der Waals surface area contributed by atoms with Crippen LogP contribution in [0.5, 0.6) is 0 Å². The summed E-state index contributed by atoms with van der Waals surface area (Å²) in [6.45, 7) is 11.5. The van der Waals surface area contributed by atoms with Crippen molar-refractivity contribution in [3.63, 3.8) is 0 Å². The number of aryl methyl sites for hydroxylation is 2. The summed E-state index contributed by atoms with van der Waals surface area (Å²) in [6.07, 6.45) is 0.985. The minimum atomic E-state index is -0.297. The van der Waals surface area contributed by atoms with Crippen LogP contribution >= 0.6 is 11.3 Å². The summed E-state index contributed by atoms with van der Waals surface area (Å²) in [5, 5.41) is 6.11. The number of carbonyl (C=O) groups is 2. The van der Waals surface area contributed by atoms with Crippen LogP contribution < -0.4 is 10.2 Å². The van der Waals surface area contributed by atoms with Gasteiger partial charge in [0.15, 0.2) is 0 Å². The first-order chi connectivity index (χ1) is 13.1. The number of rotatable bonds is 5. The number of amides is 2. The molecule has 1 fully saturated rings. The fraction of sp³-hybridized carbons (Fsp3) is 0.500. The third-order valence-electron chi connectivity index (χ3n) is 5.10. The number of nitrogens with one attached hydrogen (secondary N) is 1. The number of hydrogen-bond donors (Lipinski definition) is 1. The lowest BCUT2D eigenvalue weighted by Crippen LogP contribution is -2.34. The molecule has 3 rings (SSSR count). The summed E-state index contributed by atoms with van der Waals surface area (Å²) in [5.41, 5.74) is 4.26. The van der Waals surface area contributed by atoms with Crippen LogP contribution in [0.3, 0.4) is 0 Å². The van der Waals surface area contributed by atoms with E-state index in [1.54, 1.807) is 16.2 Å². The van der Waals surface area contributed by atoms with Crippen molar-refractivity contribution in [2.24, 2.45) is 5.92 Å². The van der Waals surface area contributed by atoms with E-state index in [1.165, 1.54) is 5.56 Å². The summed E-state index contributed by atoms with van der Waals surface area (Å²) in [4.78, 5) is 31.4. The van der Waals surface area contributed by atoms with Gasteiger partial charge in [-0.25, -0.2) is 4.98 Å². The zero-order chi connectivity index (χ0) is 20.5. The normalized spacial score (nSPS) is 17.2. The number of nitrogens with zero attached hydrogens (tertiary/aromatic N) is 2. The lowest BCUT2D eigenvalue weighted by atomic mass is 9.93. The van der Waals surface area contributed by atoms with Gasteiger partial charge in [0, 0.05) is 42.4 Å². The largest absolute Gasteiger partial charge is 0.355 e. The molecule has 5 nitrogen and oxygen atoms in total. The third-order valence-corrected chi connectivity index (χ3v) is 6.01. The van der Waals surface area contributed by atoms with Crippen LogP contribution in [0.1, 0.15) is 49.0 Å². The topological polar surface area (TPSA) is 62.3 Å². The third kappa shape index (κ3) is 4.61. The molecule has 0 radical (unpaired) electrons. The lowest BCUT2D eigenvalue weighted by Gasteiger charge is -2.19. The van der Waals surface area contributed by atoms with Gasteiger partial charge in [0.25, 0.3) is 0 Å². The Morgan fingerprint density at radius 2 is 2.07 bits per heavy atom. The van der Waals surface area contributed by atoms with Gasteiger partial charge in [-0.3, -0.25) is 9.59 Å². The molecule has 1 aliphatic rings. The van der Waals surface area contributed by atoms with Crippen molar-refractivity contribution < 1.29 is 9.59 Å². The smallest absolute Gasteiger partial charge is 0.227 e. The van der Waals surface area contributed by atoms with Crippen molar-refractivity contribution in [3.05, 3.63) is 45.4 Å². The minimum absolute atomic E-state index is 0.0156. The van der Waals surface area contributed by atoms with Crippen molar-refractivity contribution in [2.75, 3.05) is 18.0 Å². The van der Waals surface area contributed by atoms with Gasteiger partial charge in [0.1, 0.15) is 0 Å². The van der Waals surface area contributed by atoms with Gasteiger partial charge in [-0.1, -0.05) is 38.5 Å². The first kappa shape index (κ1) is 20.5. The second kappa shape index (κ2) is 8.03. The summed E-state index contributed by atoms with van der Waals surface area (Å²) < 4.78 is 0. The summed E-state index contributed by atoms with van der Waals surface area (Å²) in [5.74, 6) is -0.329. The van der Waals surface area contributed by atoms with E-state index in [0.717, 1.165) is 22.0 Å². The molecule has 0 bridgehead atoms. The van der Waals surface area contributed by atoms with Crippen molar-refractivity contribution in [1.82, 2.24) is 10.3 Å². The average molecular weight is 400 g/mol. The Bertz CT molecular complexity index is 882. The molecule has 2 aromatic rings. The fourth-order valence-electron chi connectivity index (χ4n) is 3.43. The second-order valence-corrected chi connectivity index (χ2v) is 9.56. The first-order valence-electron chi connectivity index (χ1n) is 9.75. The summed E-state index contributed by atoms with van der Waals surface area (Å²) >= 11 is 1.64. The SMILES string of the molecule is Cc1ccc(N2C[C@H](C(=O)NCCc3nc(C(C)(C)C)cs3)CC2=O)c(C)c1. The van der Waals surface area contributed by atoms with Crippen LogP contribution in [-0.4, -0.2) is 29.9 Å². The molecule has 1 aliphatic heterocycles. The molecular weight excluding hydrogens is 370 g/mol. The van der Waals surface area contributed by atoms with Gasteiger partial charge in [0.2, 0.25) is 11.8 Å². The number of anilines is 1. The van der Waals surface area contributed by atoms with E-state index in [2.05, 4.69) is 42.5 Å². The molecule has 1 N–H and O–H groups in total. The number of hydrogen-bond acceptors (Lipinski definition) is 4. The quantitative estimate of drug-likeness (QED) is 0.832. The van der Waals surface area contributed by atoms with Crippen molar-refractivity contribution in [2.45, 2.75) is 52.9 Å². The van der Waals surface area contributed by atoms with E-state index >= 15 is 0 Å². The van der Waals surface area contributed by atoms with Gasteiger partial charge in [-0.05, 0) is 25.5 Å². The molecule has 0 spiro atoms. The molecule has 150 valence electrons. The summed E-state index contributed by atoms with van der Waals surface area (Å²) in [7, 11) is 0. The molecule has 28 heavy (non-hydrogen) atoms. The van der Waals surface area contributed by atoms with Gasteiger partial charge in [-0.15, -0.1) is 11.3 Å². The lowest BCUT2D eigenvalue weighted by molar-refractivity contribution is -0.126. The Hall–Kier alpha value is -2.21. The van der Waals surface area contributed by atoms with E-state index in [-0.39, 0.29) is 29.6 Å². The van der Waals surface area contributed by atoms with Gasteiger partial charge >= 0.3 is 0 Å². The monoisotopic (exact) mass is 399 g/mol. The molecule has 2 heterocycles. The highest BCUT2D eigenvalue weighted by molar-refractivity contribution is 7.09. The predicted molar refractivity (Wildman–Crippen MR) is 114 cm³/mol. The molecule has 1 atom stereocenters. The highest BCUT2D eigenvalue weighted by Gasteiger charge is 2.35. The minimum Gasteiger partial charge on any atom is -0.355 e. The Kier molecular flexibility index (Phi) is 5.89. The molecule has 0 aliphatic carbocycles. The number of benzene rings is 1. The summed E-state index contributed by atoms with van der Waals surface area (Å²) in [6, 6.07) is 6.04. The Morgan fingerprint density at radius 3 is 2.71 bits per heavy atom.